The first-order valence-electron chi connectivity index (χ1n) is 10.9. The molecular formula is C27H22F3NO6. The van der Waals surface area contributed by atoms with E-state index in [2.05, 4.69) is 0 Å². The molecule has 10 heteroatoms. The van der Waals surface area contributed by atoms with E-state index in [4.69, 9.17) is 14.2 Å². The Balaban J connectivity index is 1.96. The van der Waals surface area contributed by atoms with E-state index in [1.54, 1.807) is 24.3 Å². The standard InChI is InChI=1S/C27H22F3NO6/c1-35-18-9-7-15(8-10-18)23-22(24(32)20-12-11-19(36-2)14-21(20)37-3)25(33)26(34)31(23)17-6-4-5-16(13-17)27(28,29)30/h4-14,23,32H,1-3H3/b24-22-. The Morgan fingerprint density at radius 1 is 0.865 bits per heavy atom. The molecule has 0 aromatic heterocycles. The van der Waals surface area contributed by atoms with Crippen LogP contribution in [0.5, 0.6) is 17.2 Å². The number of ketones is 1. The number of hydrogen-bond donors (Lipinski definition) is 1. The lowest BCUT2D eigenvalue weighted by atomic mass is 9.94. The fourth-order valence-corrected chi connectivity index (χ4v) is 4.17. The van der Waals surface area contributed by atoms with Gasteiger partial charge < -0.3 is 19.3 Å². The molecule has 3 aromatic rings. The number of ether oxygens (including phenoxy) is 3. The van der Waals surface area contributed by atoms with Gasteiger partial charge in [0.1, 0.15) is 23.0 Å². The summed E-state index contributed by atoms with van der Waals surface area (Å²) in [5.41, 5.74) is -0.984. The van der Waals surface area contributed by atoms with Crippen molar-refractivity contribution < 1.29 is 42.1 Å². The molecule has 0 bridgehead atoms. The van der Waals surface area contributed by atoms with Gasteiger partial charge in [-0.15, -0.1) is 0 Å². The van der Waals surface area contributed by atoms with Gasteiger partial charge in [-0.25, -0.2) is 0 Å². The number of anilines is 1. The largest absolute Gasteiger partial charge is 0.507 e. The minimum Gasteiger partial charge on any atom is -0.507 e. The molecule has 1 heterocycles. The van der Waals surface area contributed by atoms with E-state index in [1.807, 2.05) is 0 Å². The molecule has 0 spiro atoms. The van der Waals surface area contributed by atoms with Gasteiger partial charge in [-0.3, -0.25) is 14.5 Å². The molecule has 7 nitrogen and oxygen atoms in total. The van der Waals surface area contributed by atoms with Gasteiger partial charge in [-0.2, -0.15) is 13.2 Å². The molecule has 4 rings (SSSR count). The van der Waals surface area contributed by atoms with Crippen molar-refractivity contribution in [2.24, 2.45) is 0 Å². The zero-order chi connectivity index (χ0) is 26.9. The molecule has 0 aliphatic carbocycles. The van der Waals surface area contributed by atoms with Crippen molar-refractivity contribution in [2.75, 3.05) is 26.2 Å². The van der Waals surface area contributed by atoms with Gasteiger partial charge in [0.25, 0.3) is 11.7 Å². The highest BCUT2D eigenvalue weighted by Crippen LogP contribution is 2.45. The van der Waals surface area contributed by atoms with Crippen molar-refractivity contribution >= 4 is 23.1 Å². The number of carbonyl (C=O) groups is 2. The number of halogens is 3. The van der Waals surface area contributed by atoms with Gasteiger partial charge in [0, 0.05) is 11.8 Å². The maximum absolute atomic E-state index is 13.4. The maximum atomic E-state index is 13.4. The van der Waals surface area contributed by atoms with E-state index < -0.39 is 35.2 Å². The predicted octanol–water partition coefficient (Wildman–Crippen LogP) is 5.36. The lowest BCUT2D eigenvalue weighted by Gasteiger charge is -2.26. The van der Waals surface area contributed by atoms with Crippen LogP contribution in [-0.2, 0) is 15.8 Å². The van der Waals surface area contributed by atoms with Crippen LogP contribution in [0.25, 0.3) is 5.76 Å². The summed E-state index contributed by atoms with van der Waals surface area (Å²) < 4.78 is 56.0. The monoisotopic (exact) mass is 513 g/mol. The Kier molecular flexibility index (Phi) is 6.84. The summed E-state index contributed by atoms with van der Waals surface area (Å²) in [5, 5.41) is 11.3. The van der Waals surface area contributed by atoms with Gasteiger partial charge >= 0.3 is 6.18 Å². The highest BCUT2D eigenvalue weighted by molar-refractivity contribution is 6.51. The van der Waals surface area contributed by atoms with Crippen molar-refractivity contribution in [3.8, 4) is 17.2 Å². The van der Waals surface area contributed by atoms with Crippen LogP contribution in [0.2, 0.25) is 0 Å². The van der Waals surface area contributed by atoms with Crippen LogP contribution in [0.1, 0.15) is 22.7 Å². The number of benzene rings is 3. The number of Topliss-reactive ketones (excluding diaryl/α,β-unsaturated/α-hetero) is 1. The number of methoxy groups -OCH3 is 3. The predicted molar refractivity (Wildman–Crippen MR) is 129 cm³/mol. The summed E-state index contributed by atoms with van der Waals surface area (Å²) in [6, 6.07) is 13.6. The number of rotatable bonds is 6. The normalized spacial score (nSPS) is 17.1. The Hall–Kier alpha value is -4.47. The number of nitrogens with zero attached hydrogens (tertiary/aromatic N) is 1. The molecule has 3 aromatic carbocycles. The third-order valence-corrected chi connectivity index (χ3v) is 5.99. The van der Waals surface area contributed by atoms with E-state index in [-0.39, 0.29) is 22.6 Å². The first-order chi connectivity index (χ1) is 17.6. The number of carbonyl (C=O) groups excluding carboxylic acids is 2. The van der Waals surface area contributed by atoms with E-state index in [9.17, 15) is 27.9 Å². The lowest BCUT2D eigenvalue weighted by Crippen LogP contribution is -2.29. The first kappa shape index (κ1) is 25.6. The van der Waals surface area contributed by atoms with Gasteiger partial charge in [-0.1, -0.05) is 18.2 Å². The van der Waals surface area contributed by atoms with E-state index >= 15 is 0 Å². The number of aliphatic hydroxyl groups is 1. The van der Waals surface area contributed by atoms with Gasteiger partial charge in [-0.05, 0) is 48.0 Å². The van der Waals surface area contributed by atoms with E-state index in [0.717, 1.165) is 23.1 Å². The smallest absolute Gasteiger partial charge is 0.416 e. The van der Waals surface area contributed by atoms with Gasteiger partial charge in [0.15, 0.2) is 0 Å². The zero-order valence-electron chi connectivity index (χ0n) is 20.0. The molecule has 1 aliphatic heterocycles. The van der Waals surface area contributed by atoms with Crippen LogP contribution in [0.3, 0.4) is 0 Å². The molecule has 1 fully saturated rings. The fraction of sp³-hybridized carbons (Fsp3) is 0.185. The highest BCUT2D eigenvalue weighted by Gasteiger charge is 2.47. The second-order valence-electron chi connectivity index (χ2n) is 8.06. The van der Waals surface area contributed by atoms with Crippen LogP contribution in [-0.4, -0.2) is 38.1 Å². The maximum Gasteiger partial charge on any atom is 0.416 e. The Morgan fingerprint density at radius 2 is 1.51 bits per heavy atom. The third-order valence-electron chi connectivity index (χ3n) is 5.99. The first-order valence-corrected chi connectivity index (χ1v) is 10.9. The Bertz CT molecular complexity index is 1380. The Morgan fingerprint density at radius 3 is 2.11 bits per heavy atom. The van der Waals surface area contributed by atoms with Crippen LogP contribution < -0.4 is 19.1 Å². The van der Waals surface area contributed by atoms with Gasteiger partial charge in [0.05, 0.1) is 44.1 Å². The molecule has 1 saturated heterocycles. The zero-order valence-corrected chi connectivity index (χ0v) is 20.0. The summed E-state index contributed by atoms with van der Waals surface area (Å²) >= 11 is 0. The second-order valence-corrected chi connectivity index (χ2v) is 8.06. The molecule has 1 atom stereocenters. The molecule has 0 saturated carbocycles. The molecule has 1 N–H and O–H groups in total. The van der Waals surface area contributed by atoms with Crippen LogP contribution in [0, 0.1) is 0 Å². The lowest BCUT2D eigenvalue weighted by molar-refractivity contribution is -0.137. The highest BCUT2D eigenvalue weighted by atomic mass is 19.4. The van der Waals surface area contributed by atoms with Crippen LogP contribution in [0.15, 0.2) is 72.3 Å². The second kappa shape index (κ2) is 9.88. The number of alkyl halides is 3. The topological polar surface area (TPSA) is 85.3 Å². The summed E-state index contributed by atoms with van der Waals surface area (Å²) in [6.45, 7) is 0. The molecule has 192 valence electrons. The van der Waals surface area contributed by atoms with Crippen molar-refractivity contribution in [1.29, 1.82) is 0 Å². The molecule has 37 heavy (non-hydrogen) atoms. The molecular weight excluding hydrogens is 491 g/mol. The Labute approximate surface area is 210 Å². The summed E-state index contributed by atoms with van der Waals surface area (Å²) in [4.78, 5) is 27.5. The minimum atomic E-state index is -4.67. The van der Waals surface area contributed by atoms with Crippen molar-refractivity contribution in [3.63, 3.8) is 0 Å². The molecule has 1 amide bonds. The van der Waals surface area contributed by atoms with E-state index in [1.165, 1.54) is 45.6 Å². The number of amides is 1. The fourth-order valence-electron chi connectivity index (χ4n) is 4.17. The quantitative estimate of drug-likeness (QED) is 0.272. The number of hydrogen-bond acceptors (Lipinski definition) is 6. The molecule has 1 unspecified atom stereocenters. The molecule has 0 radical (unpaired) electrons. The van der Waals surface area contributed by atoms with Gasteiger partial charge in [0.2, 0.25) is 0 Å². The molecule has 1 aliphatic rings. The summed E-state index contributed by atoms with van der Waals surface area (Å²) in [5.74, 6) is -1.63. The SMILES string of the molecule is COc1ccc(C2/C(=C(/O)c3ccc(OC)cc3OC)C(=O)C(=O)N2c2cccc(C(F)(F)F)c2)cc1. The summed E-state index contributed by atoms with van der Waals surface area (Å²) in [7, 11) is 4.26. The number of aliphatic hydroxyl groups excluding tert-OH is 1. The third kappa shape index (κ3) is 4.69. The summed E-state index contributed by atoms with van der Waals surface area (Å²) in [6.07, 6.45) is -4.67. The van der Waals surface area contributed by atoms with E-state index in [0.29, 0.717) is 17.1 Å². The van der Waals surface area contributed by atoms with Crippen LogP contribution in [0.4, 0.5) is 18.9 Å². The van der Waals surface area contributed by atoms with Crippen molar-refractivity contribution in [1.82, 2.24) is 0 Å². The minimum absolute atomic E-state index is 0.101. The van der Waals surface area contributed by atoms with Crippen molar-refractivity contribution in [2.45, 2.75) is 12.2 Å². The van der Waals surface area contributed by atoms with Crippen LogP contribution >= 0.6 is 0 Å². The average molecular weight is 513 g/mol. The average Bonchev–Trinajstić information content (AvgIpc) is 3.17. The van der Waals surface area contributed by atoms with Crippen molar-refractivity contribution in [3.05, 3.63) is 89.0 Å².